The van der Waals surface area contributed by atoms with Crippen molar-refractivity contribution in [3.05, 3.63) is 35.9 Å². The van der Waals surface area contributed by atoms with E-state index in [1.807, 2.05) is 6.07 Å². The number of hydrogen-bond acceptors (Lipinski definition) is 3. The Balaban J connectivity index is 2.31. The zero-order valence-corrected chi connectivity index (χ0v) is 11.7. The van der Waals surface area contributed by atoms with Crippen LogP contribution < -0.4 is 0 Å². The van der Waals surface area contributed by atoms with Crippen LogP contribution in [-0.4, -0.2) is 46.3 Å². The Hall–Kier alpha value is -1.95. The van der Waals surface area contributed by atoms with Gasteiger partial charge >= 0.3 is 5.97 Å². The monoisotopic (exact) mass is 295 g/mol. The van der Waals surface area contributed by atoms with E-state index in [1.54, 1.807) is 31.2 Å². The molecule has 0 aliphatic carbocycles. The van der Waals surface area contributed by atoms with Gasteiger partial charge in [-0.25, -0.2) is 4.39 Å². The molecule has 2 rings (SSSR count). The summed E-state index contributed by atoms with van der Waals surface area (Å²) in [6, 6.07) is 8.62. The Bertz CT molecular complexity index is 536. The molecule has 3 atom stereocenters. The average Bonchev–Trinajstić information content (AvgIpc) is 2.74. The molecular weight excluding hydrogens is 277 g/mol. The van der Waals surface area contributed by atoms with Gasteiger partial charge in [-0.3, -0.25) is 9.59 Å². The number of alkyl halides is 1. The van der Waals surface area contributed by atoms with E-state index in [4.69, 9.17) is 5.11 Å². The second-order valence-electron chi connectivity index (χ2n) is 5.35. The molecule has 1 aromatic rings. The molecule has 1 aliphatic heterocycles. The lowest BCUT2D eigenvalue weighted by Crippen LogP contribution is -2.41. The third kappa shape index (κ3) is 2.51. The van der Waals surface area contributed by atoms with E-state index >= 15 is 0 Å². The number of likely N-dealkylation sites (tertiary alicyclic amines) is 1. The lowest BCUT2D eigenvalue weighted by molar-refractivity contribution is -0.153. The Morgan fingerprint density at radius 3 is 2.62 bits per heavy atom. The van der Waals surface area contributed by atoms with Crippen molar-refractivity contribution in [3.63, 3.8) is 0 Å². The molecule has 0 saturated carbocycles. The normalized spacial score (nSPS) is 26.9. The fraction of sp³-hybridized carbons (Fsp3) is 0.467. The molecule has 1 aliphatic rings. The molecule has 2 N–H and O–H groups in total. The molecule has 5 nitrogen and oxygen atoms in total. The van der Waals surface area contributed by atoms with E-state index < -0.39 is 36.1 Å². The number of aliphatic hydroxyl groups is 1. The maximum absolute atomic E-state index is 14.3. The highest BCUT2D eigenvalue weighted by Crippen LogP contribution is 2.41. The molecule has 21 heavy (non-hydrogen) atoms. The fourth-order valence-electron chi connectivity index (χ4n) is 2.77. The minimum absolute atomic E-state index is 0.237. The molecule has 1 saturated heterocycles. The topological polar surface area (TPSA) is 77.8 Å². The van der Waals surface area contributed by atoms with Crippen molar-refractivity contribution in [3.8, 4) is 0 Å². The van der Waals surface area contributed by atoms with Crippen molar-refractivity contribution in [2.75, 3.05) is 13.2 Å². The van der Waals surface area contributed by atoms with Gasteiger partial charge in [0.25, 0.3) is 5.91 Å². The molecule has 0 radical (unpaired) electrons. The zero-order chi connectivity index (χ0) is 15.6. The number of benzene rings is 1. The lowest BCUT2D eigenvalue weighted by Gasteiger charge is -2.27. The van der Waals surface area contributed by atoms with Crippen LogP contribution in [0.5, 0.6) is 0 Å². The van der Waals surface area contributed by atoms with Crippen molar-refractivity contribution in [1.82, 2.24) is 4.90 Å². The average molecular weight is 295 g/mol. The predicted molar refractivity (Wildman–Crippen MR) is 73.2 cm³/mol. The summed E-state index contributed by atoms with van der Waals surface area (Å²) in [6.07, 6.45) is -2.42. The number of carbonyl (C=O) groups is 2. The number of carboxylic acids is 1. The first-order valence-corrected chi connectivity index (χ1v) is 6.78. The van der Waals surface area contributed by atoms with Crippen LogP contribution in [0.25, 0.3) is 0 Å². The number of nitrogens with zero attached hydrogens (tertiary/aromatic N) is 1. The van der Waals surface area contributed by atoms with E-state index in [2.05, 4.69) is 0 Å². The molecule has 1 heterocycles. The molecule has 6 heteroatoms. The smallest absolute Gasteiger partial charge is 0.315 e. The highest BCUT2D eigenvalue weighted by Gasteiger charge is 2.58. The number of rotatable bonds is 5. The minimum Gasteiger partial charge on any atom is -0.481 e. The standard InChI is InChI=1S/C15H18FNO4/c1-10(11-5-3-2-4-6-11)17-9-15(7-8-18,14(20)21)12(16)13(17)19/h2-6,10,12,18H,7-9H2,1H3,(H,20,21)/t10-,12?,15-/m1/s1. The van der Waals surface area contributed by atoms with E-state index in [1.165, 1.54) is 4.90 Å². The van der Waals surface area contributed by atoms with Crippen LogP contribution >= 0.6 is 0 Å². The fourth-order valence-corrected chi connectivity index (χ4v) is 2.77. The van der Waals surface area contributed by atoms with E-state index in [0.717, 1.165) is 5.56 Å². The number of aliphatic carboxylic acids is 1. The quantitative estimate of drug-likeness (QED) is 0.860. The van der Waals surface area contributed by atoms with Gasteiger partial charge in [-0.15, -0.1) is 0 Å². The van der Waals surface area contributed by atoms with Crippen LogP contribution in [0, 0.1) is 5.41 Å². The number of hydrogen-bond donors (Lipinski definition) is 2. The van der Waals surface area contributed by atoms with Crippen LogP contribution in [0.2, 0.25) is 0 Å². The molecule has 114 valence electrons. The summed E-state index contributed by atoms with van der Waals surface area (Å²) in [5.74, 6) is -2.22. The number of carbonyl (C=O) groups excluding carboxylic acids is 1. The maximum Gasteiger partial charge on any atom is 0.315 e. The minimum atomic E-state index is -2.13. The van der Waals surface area contributed by atoms with Gasteiger partial charge in [0.05, 0.1) is 6.04 Å². The summed E-state index contributed by atoms with van der Waals surface area (Å²) in [5, 5.41) is 18.4. The van der Waals surface area contributed by atoms with Gasteiger partial charge in [-0.1, -0.05) is 30.3 Å². The summed E-state index contributed by atoms with van der Waals surface area (Å²) >= 11 is 0. The Morgan fingerprint density at radius 2 is 2.10 bits per heavy atom. The second kappa shape index (κ2) is 5.81. The molecule has 1 amide bonds. The molecule has 0 aromatic heterocycles. The SMILES string of the molecule is C[C@H](c1ccccc1)N1C[C@@](CCO)(C(=O)O)C(F)C1=O. The highest BCUT2D eigenvalue weighted by atomic mass is 19.1. The van der Waals surface area contributed by atoms with E-state index in [0.29, 0.717) is 0 Å². The molecular formula is C15H18FNO4. The number of aliphatic hydroxyl groups excluding tert-OH is 1. The third-order valence-corrected chi connectivity index (χ3v) is 4.17. The largest absolute Gasteiger partial charge is 0.481 e. The predicted octanol–water partition coefficient (Wildman–Crippen LogP) is 1.38. The van der Waals surface area contributed by atoms with Gasteiger partial charge < -0.3 is 15.1 Å². The number of carboxylic acid groups (broad SMARTS) is 1. The molecule has 1 fully saturated rings. The van der Waals surface area contributed by atoms with Gasteiger partial charge in [-0.2, -0.15) is 0 Å². The van der Waals surface area contributed by atoms with Crippen molar-refractivity contribution in [2.45, 2.75) is 25.6 Å². The van der Waals surface area contributed by atoms with Gasteiger partial charge in [0.15, 0.2) is 6.17 Å². The Morgan fingerprint density at radius 1 is 1.48 bits per heavy atom. The number of halogens is 1. The van der Waals surface area contributed by atoms with Crippen LogP contribution in [0.1, 0.15) is 24.9 Å². The van der Waals surface area contributed by atoms with Crippen molar-refractivity contribution in [1.29, 1.82) is 0 Å². The summed E-state index contributed by atoms with van der Waals surface area (Å²) in [7, 11) is 0. The van der Waals surface area contributed by atoms with Crippen LogP contribution in [0.15, 0.2) is 30.3 Å². The second-order valence-corrected chi connectivity index (χ2v) is 5.35. The van der Waals surface area contributed by atoms with Crippen molar-refractivity contribution >= 4 is 11.9 Å². The van der Waals surface area contributed by atoms with Gasteiger partial charge in [0.1, 0.15) is 5.41 Å². The first-order valence-electron chi connectivity index (χ1n) is 6.78. The van der Waals surface area contributed by atoms with Gasteiger partial charge in [0, 0.05) is 13.2 Å². The van der Waals surface area contributed by atoms with Gasteiger partial charge in [0.2, 0.25) is 0 Å². The van der Waals surface area contributed by atoms with Crippen LogP contribution in [0.4, 0.5) is 4.39 Å². The van der Waals surface area contributed by atoms with E-state index in [-0.39, 0.29) is 13.0 Å². The molecule has 1 unspecified atom stereocenters. The van der Waals surface area contributed by atoms with Crippen LogP contribution in [-0.2, 0) is 9.59 Å². The molecule has 1 aromatic carbocycles. The molecule has 0 spiro atoms. The Kier molecular flexibility index (Phi) is 4.27. The highest BCUT2D eigenvalue weighted by molar-refractivity contribution is 5.93. The third-order valence-electron chi connectivity index (χ3n) is 4.17. The maximum atomic E-state index is 14.3. The summed E-state index contributed by atoms with van der Waals surface area (Å²) in [4.78, 5) is 24.8. The summed E-state index contributed by atoms with van der Waals surface area (Å²) in [6.45, 7) is 1.02. The Labute approximate surface area is 122 Å². The van der Waals surface area contributed by atoms with E-state index in [9.17, 15) is 19.1 Å². The molecule has 0 bridgehead atoms. The number of amides is 1. The van der Waals surface area contributed by atoms with Crippen molar-refractivity contribution in [2.24, 2.45) is 5.41 Å². The lowest BCUT2D eigenvalue weighted by atomic mass is 9.82. The first-order chi connectivity index (χ1) is 9.94. The van der Waals surface area contributed by atoms with Crippen LogP contribution in [0.3, 0.4) is 0 Å². The van der Waals surface area contributed by atoms with Crippen molar-refractivity contribution < 1.29 is 24.2 Å². The summed E-state index contributed by atoms with van der Waals surface area (Å²) in [5.41, 5.74) is -1.06. The zero-order valence-electron chi connectivity index (χ0n) is 11.7. The van der Waals surface area contributed by atoms with Gasteiger partial charge in [-0.05, 0) is 18.9 Å². The summed E-state index contributed by atoms with van der Waals surface area (Å²) < 4.78 is 14.3. The first kappa shape index (κ1) is 15.4.